The van der Waals surface area contributed by atoms with Gasteiger partial charge in [0.2, 0.25) is 11.8 Å². The number of hydrogen-bond donors (Lipinski definition) is 2. The number of benzene rings is 1. The second-order valence-electron chi connectivity index (χ2n) is 9.07. The van der Waals surface area contributed by atoms with Crippen molar-refractivity contribution in [3.63, 3.8) is 0 Å². The second kappa shape index (κ2) is 10.2. The molecule has 9 nitrogen and oxygen atoms in total. The highest BCUT2D eigenvalue weighted by atomic mass is 16.5. The molecule has 0 bridgehead atoms. The first-order valence-corrected chi connectivity index (χ1v) is 11.6. The summed E-state index contributed by atoms with van der Waals surface area (Å²) in [6, 6.07) is 5.58. The Morgan fingerprint density at radius 2 is 1.97 bits per heavy atom. The Hall–Kier alpha value is -3.10. The lowest BCUT2D eigenvalue weighted by atomic mass is 9.92. The van der Waals surface area contributed by atoms with Crippen LogP contribution in [-0.2, 0) is 19.2 Å². The van der Waals surface area contributed by atoms with E-state index in [1.165, 1.54) is 0 Å². The summed E-state index contributed by atoms with van der Waals surface area (Å²) in [5, 5.41) is 5.56. The van der Waals surface area contributed by atoms with Crippen LogP contribution in [0.5, 0.6) is 11.5 Å². The third-order valence-electron chi connectivity index (χ3n) is 7.09. The Labute approximate surface area is 193 Å². The predicted octanol–water partition coefficient (Wildman–Crippen LogP) is 0.911. The fourth-order valence-corrected chi connectivity index (χ4v) is 5.39. The molecule has 2 unspecified atom stereocenters. The number of fused-ring (bicyclic) bond motifs is 1. The molecular weight excluding hydrogens is 426 g/mol. The molecule has 4 rings (SSSR count). The molecule has 3 amide bonds. The lowest BCUT2D eigenvalue weighted by molar-refractivity contribution is -0.141. The molecule has 2 saturated heterocycles. The van der Waals surface area contributed by atoms with Crippen LogP contribution in [0.3, 0.4) is 0 Å². The molecule has 0 spiro atoms. The van der Waals surface area contributed by atoms with Crippen LogP contribution in [0.4, 0.5) is 0 Å². The summed E-state index contributed by atoms with van der Waals surface area (Å²) in [6.45, 7) is 0.936. The van der Waals surface area contributed by atoms with Gasteiger partial charge in [-0.05, 0) is 61.8 Å². The van der Waals surface area contributed by atoms with Crippen LogP contribution in [-0.4, -0.2) is 67.8 Å². The van der Waals surface area contributed by atoms with Crippen LogP contribution in [0, 0.1) is 17.8 Å². The van der Waals surface area contributed by atoms with Gasteiger partial charge in [0.15, 0.2) is 6.61 Å². The van der Waals surface area contributed by atoms with Crippen LogP contribution < -0.4 is 20.1 Å². The number of nitrogens with one attached hydrogen (secondary N) is 2. The van der Waals surface area contributed by atoms with Crippen molar-refractivity contribution < 1.29 is 28.7 Å². The molecule has 9 heteroatoms. The van der Waals surface area contributed by atoms with Crippen molar-refractivity contribution in [2.24, 2.45) is 17.8 Å². The van der Waals surface area contributed by atoms with Gasteiger partial charge in [-0.15, -0.1) is 0 Å². The van der Waals surface area contributed by atoms with Crippen molar-refractivity contribution in [1.82, 2.24) is 15.5 Å². The Bertz CT molecular complexity index is 889. The molecular formula is C24H31N3O6. The molecule has 178 valence electrons. The molecule has 0 aromatic heterocycles. The van der Waals surface area contributed by atoms with Gasteiger partial charge in [0.1, 0.15) is 23.8 Å². The van der Waals surface area contributed by atoms with E-state index < -0.39 is 12.1 Å². The molecule has 0 radical (unpaired) electrons. The van der Waals surface area contributed by atoms with E-state index in [1.54, 1.807) is 36.3 Å². The molecule has 3 fully saturated rings. The standard InChI is InChI=1S/C24H31N3O6/c1-32-18-5-7-19(8-6-18)33-14-21(29)27-12-16-3-2-4-20(16)22(27)24(31)26-17(13-28)11-15-9-10-25-23(15)30/h5-8,13,15-17,20,22H,2-4,9-12,14H2,1H3,(H,25,30)(H,26,31)/t15-,16?,17-,20?,22+/m0/s1. The molecule has 2 aliphatic heterocycles. The zero-order valence-corrected chi connectivity index (χ0v) is 18.8. The first-order valence-electron chi connectivity index (χ1n) is 11.6. The van der Waals surface area contributed by atoms with Crippen molar-refractivity contribution in [3.05, 3.63) is 24.3 Å². The Morgan fingerprint density at radius 1 is 1.21 bits per heavy atom. The topological polar surface area (TPSA) is 114 Å². The number of likely N-dealkylation sites (tertiary alicyclic amines) is 1. The zero-order chi connectivity index (χ0) is 23.4. The van der Waals surface area contributed by atoms with Crippen LogP contribution in [0.25, 0.3) is 0 Å². The highest BCUT2D eigenvalue weighted by molar-refractivity contribution is 5.91. The van der Waals surface area contributed by atoms with E-state index in [-0.39, 0.29) is 48.5 Å². The average molecular weight is 458 g/mol. The fraction of sp³-hybridized carbons (Fsp3) is 0.583. The van der Waals surface area contributed by atoms with Gasteiger partial charge in [0, 0.05) is 19.0 Å². The lowest BCUT2D eigenvalue weighted by Gasteiger charge is -2.28. The van der Waals surface area contributed by atoms with Crippen molar-refractivity contribution in [2.45, 2.75) is 44.2 Å². The fourth-order valence-electron chi connectivity index (χ4n) is 5.39. The highest BCUT2D eigenvalue weighted by Gasteiger charge is 2.49. The Morgan fingerprint density at radius 3 is 2.64 bits per heavy atom. The smallest absolute Gasteiger partial charge is 0.261 e. The van der Waals surface area contributed by atoms with Gasteiger partial charge < -0.3 is 29.8 Å². The number of amides is 3. The number of hydrogen-bond acceptors (Lipinski definition) is 6. The Kier molecular flexibility index (Phi) is 7.15. The van der Waals surface area contributed by atoms with Crippen molar-refractivity contribution >= 4 is 24.0 Å². The molecule has 5 atom stereocenters. The van der Waals surface area contributed by atoms with Gasteiger partial charge in [-0.1, -0.05) is 6.42 Å². The van der Waals surface area contributed by atoms with E-state index in [0.29, 0.717) is 37.3 Å². The van der Waals surface area contributed by atoms with E-state index >= 15 is 0 Å². The number of aldehydes is 1. The summed E-state index contributed by atoms with van der Waals surface area (Å²) in [5.41, 5.74) is 0. The molecule has 33 heavy (non-hydrogen) atoms. The van der Waals surface area contributed by atoms with E-state index in [0.717, 1.165) is 19.3 Å². The van der Waals surface area contributed by atoms with Crippen LogP contribution in [0.2, 0.25) is 0 Å². The predicted molar refractivity (Wildman–Crippen MR) is 119 cm³/mol. The van der Waals surface area contributed by atoms with Gasteiger partial charge in [-0.3, -0.25) is 14.4 Å². The summed E-state index contributed by atoms with van der Waals surface area (Å²) >= 11 is 0. The quantitative estimate of drug-likeness (QED) is 0.533. The maximum Gasteiger partial charge on any atom is 0.261 e. The van der Waals surface area contributed by atoms with E-state index in [1.807, 2.05) is 0 Å². The monoisotopic (exact) mass is 457 g/mol. The molecule has 1 aliphatic carbocycles. The first-order chi connectivity index (χ1) is 16.0. The highest BCUT2D eigenvalue weighted by Crippen LogP contribution is 2.42. The molecule has 1 aromatic carbocycles. The summed E-state index contributed by atoms with van der Waals surface area (Å²) in [6.07, 6.45) is 4.50. The third-order valence-corrected chi connectivity index (χ3v) is 7.09. The number of carbonyl (C=O) groups excluding carboxylic acids is 4. The van der Waals surface area contributed by atoms with Crippen molar-refractivity contribution in [1.29, 1.82) is 0 Å². The van der Waals surface area contributed by atoms with Crippen molar-refractivity contribution in [2.75, 3.05) is 26.8 Å². The number of rotatable bonds is 9. The van der Waals surface area contributed by atoms with E-state index in [2.05, 4.69) is 10.6 Å². The number of carbonyl (C=O) groups is 4. The lowest BCUT2D eigenvalue weighted by Crippen LogP contribution is -2.52. The summed E-state index contributed by atoms with van der Waals surface area (Å²) in [4.78, 5) is 51.4. The van der Waals surface area contributed by atoms with Gasteiger partial charge in [0.05, 0.1) is 13.2 Å². The summed E-state index contributed by atoms with van der Waals surface area (Å²) < 4.78 is 10.8. The number of ether oxygens (including phenoxy) is 2. The SMILES string of the molecule is COc1ccc(OCC(=O)N2CC3CCCC3[C@@H]2C(=O)N[C@H](C=O)C[C@@H]2CCNC2=O)cc1. The average Bonchev–Trinajstić information content (AvgIpc) is 3.53. The van der Waals surface area contributed by atoms with E-state index in [9.17, 15) is 19.2 Å². The minimum absolute atomic E-state index is 0.0806. The second-order valence-corrected chi connectivity index (χ2v) is 9.07. The van der Waals surface area contributed by atoms with E-state index in [4.69, 9.17) is 9.47 Å². The van der Waals surface area contributed by atoms with Gasteiger partial charge >= 0.3 is 0 Å². The van der Waals surface area contributed by atoms with Crippen LogP contribution in [0.15, 0.2) is 24.3 Å². The third kappa shape index (κ3) is 5.12. The van der Waals surface area contributed by atoms with Crippen molar-refractivity contribution in [3.8, 4) is 11.5 Å². The van der Waals surface area contributed by atoms with Crippen LogP contribution in [0.1, 0.15) is 32.1 Å². The molecule has 2 N–H and O–H groups in total. The van der Waals surface area contributed by atoms with Crippen LogP contribution >= 0.6 is 0 Å². The summed E-state index contributed by atoms with van der Waals surface area (Å²) in [7, 11) is 1.58. The van der Waals surface area contributed by atoms with Gasteiger partial charge in [-0.25, -0.2) is 0 Å². The zero-order valence-electron chi connectivity index (χ0n) is 18.8. The minimum atomic E-state index is -0.751. The van der Waals surface area contributed by atoms with Gasteiger partial charge in [0.25, 0.3) is 5.91 Å². The normalized spacial score (nSPS) is 26.9. The number of nitrogens with zero attached hydrogens (tertiary/aromatic N) is 1. The van der Waals surface area contributed by atoms with Gasteiger partial charge in [-0.2, -0.15) is 0 Å². The maximum absolute atomic E-state index is 13.3. The maximum atomic E-state index is 13.3. The molecule has 3 aliphatic rings. The Balaban J connectivity index is 1.40. The minimum Gasteiger partial charge on any atom is -0.497 e. The molecule has 2 heterocycles. The number of methoxy groups -OCH3 is 1. The largest absolute Gasteiger partial charge is 0.497 e. The summed E-state index contributed by atoms with van der Waals surface area (Å²) in [5.74, 6) is 0.658. The molecule has 1 aromatic rings. The molecule has 1 saturated carbocycles. The first kappa shape index (κ1) is 23.1.